The molecule has 0 saturated heterocycles. The molecule has 0 unspecified atom stereocenters. The Morgan fingerprint density at radius 1 is 1.31 bits per heavy atom. The van der Waals surface area contributed by atoms with Crippen LogP contribution in [0, 0.1) is 0 Å². The first-order valence-corrected chi connectivity index (χ1v) is 15.2. The molecule has 4 heteroatoms. The number of hydrogen-bond acceptors (Lipinski definition) is 2. The normalized spacial score (nSPS) is 10.8. The number of carbonyl (C=O) groups excluding carboxylic acids is 1. The third kappa shape index (κ3) is 9.86. The minimum absolute atomic E-state index is 0.0489. The molecule has 0 atom stereocenters. The zero-order valence-corrected chi connectivity index (χ0v) is 12.1. The van der Waals surface area contributed by atoms with Gasteiger partial charge in [-0.3, -0.25) is 0 Å². The summed E-state index contributed by atoms with van der Waals surface area (Å²) >= 11 is -1.75. The number of hydrogen-bond donors (Lipinski definition) is 1. The van der Waals surface area contributed by atoms with Crippen molar-refractivity contribution in [1.29, 1.82) is 0 Å². The van der Waals surface area contributed by atoms with E-state index in [9.17, 15) is 4.79 Å². The summed E-state index contributed by atoms with van der Waals surface area (Å²) in [6.07, 6.45) is 0.635. The van der Waals surface area contributed by atoms with Crippen LogP contribution in [0.4, 0.5) is 0 Å². The number of nitrogens with one attached hydrogen (secondary N) is 1. The van der Waals surface area contributed by atoms with E-state index in [0.717, 1.165) is 10.1 Å². The fourth-order valence-electron chi connectivity index (χ4n) is 0.719. The molecule has 0 aliphatic carbocycles. The van der Waals surface area contributed by atoms with Gasteiger partial charge in [-0.1, -0.05) is 0 Å². The second kappa shape index (κ2) is 5.62. The van der Waals surface area contributed by atoms with E-state index in [1.54, 1.807) is 0 Å². The van der Waals surface area contributed by atoms with Gasteiger partial charge in [-0.2, -0.15) is 0 Å². The molecule has 0 bridgehead atoms. The van der Waals surface area contributed by atoms with Gasteiger partial charge in [-0.05, 0) is 0 Å². The van der Waals surface area contributed by atoms with E-state index < -0.39 is 18.4 Å². The molecule has 1 amide bonds. The van der Waals surface area contributed by atoms with Gasteiger partial charge in [0.05, 0.1) is 0 Å². The third-order valence-corrected chi connectivity index (χ3v) is 6.50. The molecule has 0 aromatic heterocycles. The maximum atomic E-state index is 11.2. The van der Waals surface area contributed by atoms with Crippen LogP contribution in [0.5, 0.6) is 0 Å². The Kier molecular flexibility index (Phi) is 5.60. The summed E-state index contributed by atoms with van der Waals surface area (Å²) in [5.74, 6) is 0.0489. The molecule has 1 N–H and O–H groups in total. The monoisotopic (exact) mass is 292 g/mol. The molecule has 0 radical (unpaired) electrons. The van der Waals surface area contributed by atoms with Crippen molar-refractivity contribution in [3.05, 3.63) is 0 Å². The molecule has 0 aliphatic rings. The quantitative estimate of drug-likeness (QED) is 0.481. The van der Waals surface area contributed by atoms with Gasteiger partial charge >= 0.3 is 84.8 Å². The molecule has 0 aromatic carbocycles. The van der Waals surface area contributed by atoms with E-state index in [2.05, 4.69) is 25.3 Å². The van der Waals surface area contributed by atoms with E-state index in [1.165, 1.54) is 0 Å². The SMILES string of the molecule is CC(C)=NNC(=O)C[CH2][Sn]([CH3])([CH3])[CH3]. The summed E-state index contributed by atoms with van der Waals surface area (Å²) in [4.78, 5) is 18.2. The number of nitrogens with zero attached hydrogens (tertiary/aromatic N) is 1. The van der Waals surface area contributed by atoms with Gasteiger partial charge in [0.2, 0.25) is 0 Å². The molecule has 0 aromatic rings. The molecule has 13 heavy (non-hydrogen) atoms. The number of carbonyl (C=O) groups is 1. The van der Waals surface area contributed by atoms with Crippen molar-refractivity contribution < 1.29 is 4.79 Å². The van der Waals surface area contributed by atoms with Crippen molar-refractivity contribution in [2.75, 3.05) is 0 Å². The van der Waals surface area contributed by atoms with Crippen molar-refractivity contribution in [1.82, 2.24) is 5.43 Å². The average Bonchev–Trinajstić information content (AvgIpc) is 1.95. The predicted octanol–water partition coefficient (Wildman–Crippen LogP) is 2.23. The van der Waals surface area contributed by atoms with E-state index >= 15 is 0 Å². The molecule has 0 fully saturated rings. The fraction of sp³-hybridized carbons (Fsp3) is 0.778. The Balaban J connectivity index is 3.71. The van der Waals surface area contributed by atoms with Gasteiger partial charge < -0.3 is 0 Å². The van der Waals surface area contributed by atoms with Crippen LogP contribution < -0.4 is 5.43 Å². The van der Waals surface area contributed by atoms with E-state index in [4.69, 9.17) is 0 Å². The zero-order valence-electron chi connectivity index (χ0n) is 9.27. The molecular formula is C9H20N2OSn. The number of amides is 1. The molecule has 0 heterocycles. The molecule has 0 spiro atoms. The standard InChI is InChI=1S/C6H11N2O.3CH3.Sn/c1-4-6(9)8-7-5(2)3;;;;/h1,4H2,2-3H3,(H,8,9);3*1H3;. The third-order valence-electron chi connectivity index (χ3n) is 1.51. The second-order valence-corrected chi connectivity index (χ2v) is 20.7. The Labute approximate surface area is 84.9 Å². The van der Waals surface area contributed by atoms with Crippen molar-refractivity contribution in [2.45, 2.75) is 39.5 Å². The van der Waals surface area contributed by atoms with Gasteiger partial charge in [0.1, 0.15) is 0 Å². The predicted molar refractivity (Wildman–Crippen MR) is 59.7 cm³/mol. The first-order chi connectivity index (χ1) is 5.81. The van der Waals surface area contributed by atoms with Gasteiger partial charge in [0.15, 0.2) is 0 Å². The Morgan fingerprint density at radius 3 is 2.23 bits per heavy atom. The summed E-state index contributed by atoms with van der Waals surface area (Å²) in [7, 11) is 0. The van der Waals surface area contributed by atoms with Crippen LogP contribution in [-0.2, 0) is 4.79 Å². The van der Waals surface area contributed by atoms with E-state index in [1.807, 2.05) is 13.8 Å². The first kappa shape index (κ1) is 12.9. The van der Waals surface area contributed by atoms with Gasteiger partial charge in [-0.15, -0.1) is 0 Å². The first-order valence-electron chi connectivity index (χ1n) is 4.61. The summed E-state index contributed by atoms with van der Waals surface area (Å²) in [5, 5.41) is 3.87. The zero-order chi connectivity index (χ0) is 10.5. The van der Waals surface area contributed by atoms with Crippen LogP contribution >= 0.6 is 0 Å². The molecular weight excluding hydrogens is 271 g/mol. The molecule has 0 saturated carbocycles. The Bertz CT molecular complexity index is 202. The number of hydrazone groups is 1. The van der Waals surface area contributed by atoms with Crippen molar-refractivity contribution in [2.24, 2.45) is 5.10 Å². The van der Waals surface area contributed by atoms with Crippen molar-refractivity contribution in [3.8, 4) is 0 Å². The van der Waals surface area contributed by atoms with Crippen LogP contribution in [0.15, 0.2) is 5.10 Å². The summed E-state index contributed by atoms with van der Waals surface area (Å²) in [5.41, 5.74) is 3.42. The van der Waals surface area contributed by atoms with E-state index in [-0.39, 0.29) is 5.91 Å². The summed E-state index contributed by atoms with van der Waals surface area (Å²) < 4.78 is 1.10. The average molecular weight is 291 g/mol. The molecule has 3 nitrogen and oxygen atoms in total. The van der Waals surface area contributed by atoms with Crippen LogP contribution in [0.25, 0.3) is 0 Å². The van der Waals surface area contributed by atoms with Crippen LogP contribution in [-0.4, -0.2) is 30.0 Å². The Hall–Kier alpha value is -0.0613. The molecule has 0 rings (SSSR count). The second-order valence-electron chi connectivity index (χ2n) is 4.65. The number of rotatable bonds is 4. The van der Waals surface area contributed by atoms with Crippen molar-refractivity contribution in [3.63, 3.8) is 0 Å². The molecule has 0 aliphatic heterocycles. The maximum absolute atomic E-state index is 11.2. The minimum atomic E-state index is -1.75. The van der Waals surface area contributed by atoms with Crippen LogP contribution in [0.3, 0.4) is 0 Å². The van der Waals surface area contributed by atoms with E-state index in [0.29, 0.717) is 6.42 Å². The van der Waals surface area contributed by atoms with Gasteiger partial charge in [0.25, 0.3) is 0 Å². The Morgan fingerprint density at radius 2 is 1.85 bits per heavy atom. The molecule has 76 valence electrons. The van der Waals surface area contributed by atoms with Crippen LogP contribution in [0.1, 0.15) is 20.3 Å². The van der Waals surface area contributed by atoms with Crippen LogP contribution in [0.2, 0.25) is 19.3 Å². The summed E-state index contributed by atoms with van der Waals surface area (Å²) in [6, 6.07) is 0. The van der Waals surface area contributed by atoms with Gasteiger partial charge in [-0.25, -0.2) is 0 Å². The summed E-state index contributed by atoms with van der Waals surface area (Å²) in [6.45, 7) is 3.73. The topological polar surface area (TPSA) is 41.5 Å². The van der Waals surface area contributed by atoms with Crippen molar-refractivity contribution >= 4 is 30.0 Å². The fourth-order valence-corrected chi connectivity index (χ4v) is 3.51. The van der Waals surface area contributed by atoms with Gasteiger partial charge in [0, 0.05) is 0 Å².